The lowest BCUT2D eigenvalue weighted by Crippen LogP contribution is -2.30. The number of carbonyl (C=O) groups excluding carboxylic acids is 1. The van der Waals surface area contributed by atoms with Crippen molar-refractivity contribution in [2.45, 2.75) is 32.7 Å². The summed E-state index contributed by atoms with van der Waals surface area (Å²) in [5, 5.41) is 3.30. The molecule has 1 rings (SSSR count). The average Bonchev–Trinajstić information content (AvgIpc) is 2.18. The van der Waals surface area contributed by atoms with E-state index in [-0.39, 0.29) is 11.7 Å². The normalized spacial score (nSPS) is 12.8. The van der Waals surface area contributed by atoms with Crippen LogP contribution in [0.3, 0.4) is 0 Å². The summed E-state index contributed by atoms with van der Waals surface area (Å²) in [5.74, 6) is 0.197. The van der Waals surface area contributed by atoms with E-state index in [0.29, 0.717) is 6.04 Å². The van der Waals surface area contributed by atoms with Crippen molar-refractivity contribution in [3.63, 3.8) is 0 Å². The molecule has 0 aliphatic heterocycles. The number of hydrogen-bond acceptors (Lipinski definition) is 2. The van der Waals surface area contributed by atoms with Crippen molar-refractivity contribution in [1.29, 1.82) is 0 Å². The van der Waals surface area contributed by atoms with Crippen molar-refractivity contribution in [2.75, 3.05) is 6.54 Å². The number of Topliss-reactive ketones (excluding diaryl/α,β-unsaturated/α-hetero) is 1. The van der Waals surface area contributed by atoms with Crippen LogP contribution < -0.4 is 5.32 Å². The van der Waals surface area contributed by atoms with Gasteiger partial charge in [0.2, 0.25) is 0 Å². The Morgan fingerprint density at radius 1 is 1.27 bits per heavy atom. The summed E-state index contributed by atoms with van der Waals surface area (Å²) >= 11 is 0. The van der Waals surface area contributed by atoms with Gasteiger partial charge in [0.25, 0.3) is 0 Å². The van der Waals surface area contributed by atoms with Crippen molar-refractivity contribution >= 4 is 5.78 Å². The van der Waals surface area contributed by atoms with Gasteiger partial charge in [-0.3, -0.25) is 4.79 Å². The highest BCUT2D eigenvalue weighted by molar-refractivity contribution is 5.83. The molecule has 1 aromatic carbocycles. The van der Waals surface area contributed by atoms with Gasteiger partial charge in [0.1, 0.15) is 5.78 Å². The van der Waals surface area contributed by atoms with Crippen LogP contribution in [-0.2, 0) is 4.79 Å². The molecule has 0 spiro atoms. The first kappa shape index (κ1) is 11.9. The number of benzene rings is 1. The zero-order valence-corrected chi connectivity index (χ0v) is 9.66. The summed E-state index contributed by atoms with van der Waals surface area (Å²) in [5.41, 5.74) is 1.10. The van der Waals surface area contributed by atoms with Crippen LogP contribution in [-0.4, -0.2) is 18.4 Å². The van der Waals surface area contributed by atoms with Crippen LogP contribution in [0.4, 0.5) is 0 Å². The number of rotatable bonds is 5. The predicted octanol–water partition coefficient (Wildman–Crippen LogP) is 2.36. The third-order valence-electron chi connectivity index (χ3n) is 2.42. The number of hydrogen-bond donors (Lipinski definition) is 1. The molecule has 0 bridgehead atoms. The molecular weight excluding hydrogens is 186 g/mol. The van der Waals surface area contributed by atoms with Crippen molar-refractivity contribution < 1.29 is 4.79 Å². The highest BCUT2D eigenvalue weighted by Crippen LogP contribution is 2.15. The number of nitrogens with one attached hydrogen (secondary N) is 1. The molecule has 82 valence electrons. The summed E-state index contributed by atoms with van der Waals surface area (Å²) in [6.45, 7) is 6.54. The lowest BCUT2D eigenvalue weighted by atomic mass is 9.95. The van der Waals surface area contributed by atoms with Gasteiger partial charge in [0.15, 0.2) is 0 Å². The van der Waals surface area contributed by atoms with Crippen LogP contribution in [0.2, 0.25) is 0 Å². The molecule has 0 amide bonds. The van der Waals surface area contributed by atoms with E-state index in [1.807, 2.05) is 30.3 Å². The third kappa shape index (κ3) is 3.84. The quantitative estimate of drug-likeness (QED) is 0.799. The molecule has 0 saturated heterocycles. The first-order valence-electron chi connectivity index (χ1n) is 5.40. The highest BCUT2D eigenvalue weighted by atomic mass is 16.1. The number of carbonyl (C=O) groups is 1. The molecule has 0 heterocycles. The molecule has 0 radical (unpaired) electrons. The largest absolute Gasteiger partial charge is 0.313 e. The Labute approximate surface area is 91.7 Å². The standard InChI is InChI=1S/C13H19NO/c1-10(2)14-9-13(11(3)15)12-7-5-4-6-8-12/h4-8,10,13-14H,9H2,1-3H3. The van der Waals surface area contributed by atoms with Crippen molar-refractivity contribution in [3.05, 3.63) is 35.9 Å². The van der Waals surface area contributed by atoms with E-state index < -0.39 is 0 Å². The molecule has 15 heavy (non-hydrogen) atoms. The summed E-state index contributed by atoms with van der Waals surface area (Å²) in [4.78, 5) is 11.5. The SMILES string of the molecule is CC(=O)C(CNC(C)C)c1ccccc1. The Balaban J connectivity index is 2.71. The Hall–Kier alpha value is -1.15. The van der Waals surface area contributed by atoms with E-state index >= 15 is 0 Å². The van der Waals surface area contributed by atoms with Gasteiger partial charge >= 0.3 is 0 Å². The second kappa shape index (κ2) is 5.66. The van der Waals surface area contributed by atoms with Gasteiger partial charge in [-0.05, 0) is 12.5 Å². The van der Waals surface area contributed by atoms with Gasteiger partial charge in [0.05, 0.1) is 5.92 Å². The minimum atomic E-state index is -0.0198. The zero-order chi connectivity index (χ0) is 11.3. The molecule has 1 aromatic rings. The van der Waals surface area contributed by atoms with E-state index in [9.17, 15) is 4.79 Å². The maximum Gasteiger partial charge on any atom is 0.138 e. The van der Waals surface area contributed by atoms with Crippen LogP contribution in [0.5, 0.6) is 0 Å². The van der Waals surface area contributed by atoms with Gasteiger partial charge in [-0.25, -0.2) is 0 Å². The summed E-state index contributed by atoms with van der Waals surface area (Å²) in [6.07, 6.45) is 0. The Bertz CT molecular complexity index is 306. The molecule has 0 aliphatic rings. The molecule has 2 nitrogen and oxygen atoms in total. The summed E-state index contributed by atoms with van der Waals surface area (Å²) in [6, 6.07) is 10.3. The molecule has 1 atom stereocenters. The molecule has 2 heteroatoms. The van der Waals surface area contributed by atoms with Crippen molar-refractivity contribution in [2.24, 2.45) is 0 Å². The van der Waals surface area contributed by atoms with Crippen molar-refractivity contribution in [1.82, 2.24) is 5.32 Å². The second-order valence-electron chi connectivity index (χ2n) is 4.14. The fraction of sp³-hybridized carbons (Fsp3) is 0.462. The zero-order valence-electron chi connectivity index (χ0n) is 9.66. The van der Waals surface area contributed by atoms with E-state index in [1.165, 1.54) is 0 Å². The summed E-state index contributed by atoms with van der Waals surface area (Å²) in [7, 11) is 0. The topological polar surface area (TPSA) is 29.1 Å². The minimum absolute atomic E-state index is 0.0198. The van der Waals surface area contributed by atoms with Crippen LogP contribution in [0, 0.1) is 0 Å². The van der Waals surface area contributed by atoms with Gasteiger partial charge in [-0.15, -0.1) is 0 Å². The van der Waals surface area contributed by atoms with Crippen LogP contribution in [0.1, 0.15) is 32.3 Å². The molecule has 1 unspecified atom stereocenters. The van der Waals surface area contributed by atoms with Gasteiger partial charge in [0, 0.05) is 12.6 Å². The van der Waals surface area contributed by atoms with E-state index in [0.717, 1.165) is 12.1 Å². The molecule has 0 saturated carbocycles. The van der Waals surface area contributed by atoms with E-state index in [1.54, 1.807) is 6.92 Å². The van der Waals surface area contributed by atoms with Gasteiger partial charge in [-0.2, -0.15) is 0 Å². The first-order valence-corrected chi connectivity index (χ1v) is 5.40. The molecule has 0 aromatic heterocycles. The Morgan fingerprint density at radius 3 is 2.33 bits per heavy atom. The average molecular weight is 205 g/mol. The lowest BCUT2D eigenvalue weighted by Gasteiger charge is -2.16. The molecule has 0 aliphatic carbocycles. The fourth-order valence-corrected chi connectivity index (χ4v) is 1.54. The highest BCUT2D eigenvalue weighted by Gasteiger charge is 2.15. The second-order valence-corrected chi connectivity index (χ2v) is 4.14. The molecule has 0 fully saturated rings. The van der Waals surface area contributed by atoms with Gasteiger partial charge in [-0.1, -0.05) is 44.2 Å². The van der Waals surface area contributed by atoms with Crippen LogP contribution in [0.15, 0.2) is 30.3 Å². The maximum absolute atomic E-state index is 11.5. The van der Waals surface area contributed by atoms with Crippen LogP contribution >= 0.6 is 0 Å². The van der Waals surface area contributed by atoms with E-state index in [2.05, 4.69) is 19.2 Å². The van der Waals surface area contributed by atoms with E-state index in [4.69, 9.17) is 0 Å². The maximum atomic E-state index is 11.5. The third-order valence-corrected chi connectivity index (χ3v) is 2.42. The first-order chi connectivity index (χ1) is 7.11. The summed E-state index contributed by atoms with van der Waals surface area (Å²) < 4.78 is 0. The minimum Gasteiger partial charge on any atom is -0.313 e. The van der Waals surface area contributed by atoms with Gasteiger partial charge < -0.3 is 5.32 Å². The number of ketones is 1. The Kier molecular flexibility index (Phi) is 4.50. The molecule has 1 N–H and O–H groups in total. The van der Waals surface area contributed by atoms with Crippen molar-refractivity contribution in [3.8, 4) is 0 Å². The van der Waals surface area contributed by atoms with Crippen LogP contribution in [0.25, 0.3) is 0 Å². The predicted molar refractivity (Wildman–Crippen MR) is 63.0 cm³/mol. The lowest BCUT2D eigenvalue weighted by molar-refractivity contribution is -0.118. The molecular formula is C13H19NO. The monoisotopic (exact) mass is 205 g/mol. The fourth-order valence-electron chi connectivity index (χ4n) is 1.54. The smallest absolute Gasteiger partial charge is 0.138 e. The Morgan fingerprint density at radius 2 is 1.87 bits per heavy atom.